The summed E-state index contributed by atoms with van der Waals surface area (Å²) in [7, 11) is -1.23. The average Bonchev–Trinajstić information content (AvgIpc) is 2.81. The van der Waals surface area contributed by atoms with Gasteiger partial charge in [-0.3, -0.25) is 9.59 Å². The van der Waals surface area contributed by atoms with E-state index in [0.717, 1.165) is 20.6 Å². The molecular formula is C25H35FN4O4S. The van der Waals surface area contributed by atoms with Crippen LogP contribution in [-0.4, -0.2) is 62.7 Å². The van der Waals surface area contributed by atoms with E-state index < -0.39 is 34.5 Å². The normalized spacial score (nSPS) is 12.3. The van der Waals surface area contributed by atoms with Gasteiger partial charge in [0.15, 0.2) is 0 Å². The van der Waals surface area contributed by atoms with E-state index in [1.807, 2.05) is 19.9 Å². The summed E-state index contributed by atoms with van der Waals surface area (Å²) in [5.74, 6) is -1.32. The van der Waals surface area contributed by atoms with Crippen molar-refractivity contribution < 1.29 is 22.4 Å². The van der Waals surface area contributed by atoms with E-state index >= 15 is 0 Å². The Hall–Kier alpha value is -2.98. The Balaban J connectivity index is 2.48. The van der Waals surface area contributed by atoms with Gasteiger partial charge in [0.1, 0.15) is 18.4 Å². The summed E-state index contributed by atoms with van der Waals surface area (Å²) in [6.07, 6.45) is 0.728. The van der Waals surface area contributed by atoms with Gasteiger partial charge in [-0.2, -0.15) is 12.7 Å². The predicted molar refractivity (Wildman–Crippen MR) is 136 cm³/mol. The van der Waals surface area contributed by atoms with Crippen molar-refractivity contribution in [2.45, 2.75) is 46.7 Å². The molecule has 0 aliphatic heterocycles. The number of nitrogens with one attached hydrogen (secondary N) is 1. The molecule has 0 unspecified atom stereocenters. The zero-order valence-corrected chi connectivity index (χ0v) is 22.0. The number of rotatable bonds is 11. The van der Waals surface area contributed by atoms with Crippen molar-refractivity contribution in [2.24, 2.45) is 0 Å². The molecule has 35 heavy (non-hydrogen) atoms. The summed E-state index contributed by atoms with van der Waals surface area (Å²) in [4.78, 5) is 27.7. The maximum Gasteiger partial charge on any atom is 0.304 e. The lowest BCUT2D eigenvalue weighted by Gasteiger charge is -2.33. The minimum absolute atomic E-state index is 0.0163. The third kappa shape index (κ3) is 7.25. The van der Waals surface area contributed by atoms with Gasteiger partial charge in [-0.05, 0) is 62.1 Å². The van der Waals surface area contributed by atoms with E-state index in [0.29, 0.717) is 23.4 Å². The van der Waals surface area contributed by atoms with Crippen molar-refractivity contribution >= 4 is 27.7 Å². The van der Waals surface area contributed by atoms with Crippen molar-refractivity contribution in [1.29, 1.82) is 0 Å². The van der Waals surface area contributed by atoms with Crippen molar-refractivity contribution in [1.82, 2.24) is 14.5 Å². The number of nitrogens with zero attached hydrogens (tertiary/aromatic N) is 3. The summed E-state index contributed by atoms with van der Waals surface area (Å²) < 4.78 is 42.0. The third-order valence-electron chi connectivity index (χ3n) is 5.63. The van der Waals surface area contributed by atoms with Gasteiger partial charge in [0, 0.05) is 27.2 Å². The molecule has 0 aliphatic rings. The molecule has 0 radical (unpaired) electrons. The fraction of sp³-hybridized carbons (Fsp3) is 0.440. The molecule has 0 saturated carbocycles. The predicted octanol–water partition coefficient (Wildman–Crippen LogP) is 3.00. The second kappa shape index (κ2) is 12.1. The number of aryl methyl sites for hydroxylation is 2. The first-order chi connectivity index (χ1) is 16.4. The van der Waals surface area contributed by atoms with E-state index in [2.05, 4.69) is 5.32 Å². The van der Waals surface area contributed by atoms with E-state index in [-0.39, 0.29) is 12.5 Å². The molecule has 2 aromatic carbocycles. The van der Waals surface area contributed by atoms with Crippen LogP contribution in [0.3, 0.4) is 0 Å². The number of hydrogen-bond donors (Lipinski definition) is 1. The molecule has 0 heterocycles. The topological polar surface area (TPSA) is 90.0 Å². The lowest BCUT2D eigenvalue weighted by atomic mass is 10.1. The zero-order valence-electron chi connectivity index (χ0n) is 21.2. The van der Waals surface area contributed by atoms with E-state index in [1.54, 1.807) is 26.0 Å². The van der Waals surface area contributed by atoms with Gasteiger partial charge in [0.25, 0.3) is 0 Å². The molecule has 0 spiro atoms. The number of anilines is 1. The summed E-state index contributed by atoms with van der Waals surface area (Å²) in [6.45, 7) is 7.08. The number of benzene rings is 2. The van der Waals surface area contributed by atoms with Crippen LogP contribution >= 0.6 is 0 Å². The molecule has 1 N–H and O–H groups in total. The molecule has 2 aromatic rings. The standard InChI is InChI=1S/C25H35FN4O4S/c1-7-14-27-25(32)20(4)29(16-21-10-12-22(26)13-11-21)24(31)17-30(35(33,34)28(5)6)23-15-18(2)8-9-19(23)3/h8-13,15,20H,7,14,16-17H2,1-6H3,(H,27,32)/t20-/m0/s1. The average molecular weight is 507 g/mol. The Morgan fingerprint density at radius 1 is 1.06 bits per heavy atom. The first kappa shape index (κ1) is 28.3. The van der Waals surface area contributed by atoms with Crippen LogP contribution in [0.15, 0.2) is 42.5 Å². The van der Waals surface area contributed by atoms with Crippen LogP contribution in [0.1, 0.15) is 37.0 Å². The molecule has 0 aromatic heterocycles. The third-order valence-corrected chi connectivity index (χ3v) is 7.44. The van der Waals surface area contributed by atoms with Crippen molar-refractivity contribution in [3.8, 4) is 0 Å². The van der Waals surface area contributed by atoms with Crippen molar-refractivity contribution in [3.63, 3.8) is 0 Å². The summed E-state index contributed by atoms with van der Waals surface area (Å²) in [5.41, 5.74) is 2.53. The van der Waals surface area contributed by atoms with E-state index in [9.17, 15) is 22.4 Å². The molecule has 2 amide bonds. The summed E-state index contributed by atoms with van der Waals surface area (Å²) in [5, 5.41) is 2.78. The Kier molecular flexibility index (Phi) is 9.79. The highest BCUT2D eigenvalue weighted by Gasteiger charge is 2.33. The Labute approximate surface area is 207 Å². The number of hydrogen-bond acceptors (Lipinski definition) is 4. The number of carbonyl (C=O) groups is 2. The number of carbonyl (C=O) groups excluding carboxylic acids is 2. The lowest BCUT2D eigenvalue weighted by molar-refractivity contribution is -0.139. The molecule has 0 fully saturated rings. The number of amides is 2. The smallest absolute Gasteiger partial charge is 0.304 e. The summed E-state index contributed by atoms with van der Waals surface area (Å²) in [6, 6.07) is 10.1. The first-order valence-electron chi connectivity index (χ1n) is 11.5. The van der Waals surface area contributed by atoms with Crippen LogP contribution < -0.4 is 9.62 Å². The second-order valence-electron chi connectivity index (χ2n) is 8.70. The van der Waals surface area contributed by atoms with Gasteiger partial charge in [-0.15, -0.1) is 0 Å². The number of halogens is 1. The highest BCUT2D eigenvalue weighted by Crippen LogP contribution is 2.26. The highest BCUT2D eigenvalue weighted by molar-refractivity contribution is 7.90. The molecule has 0 bridgehead atoms. The van der Waals surface area contributed by atoms with Crippen LogP contribution in [0.25, 0.3) is 0 Å². The van der Waals surface area contributed by atoms with Crippen LogP contribution in [0, 0.1) is 19.7 Å². The van der Waals surface area contributed by atoms with E-state index in [1.165, 1.54) is 43.3 Å². The first-order valence-corrected chi connectivity index (χ1v) is 12.9. The van der Waals surface area contributed by atoms with Crippen molar-refractivity contribution in [2.75, 3.05) is 31.5 Å². The molecular weight excluding hydrogens is 471 g/mol. The quantitative estimate of drug-likeness (QED) is 0.507. The van der Waals surface area contributed by atoms with Gasteiger partial charge in [0.2, 0.25) is 11.8 Å². The molecule has 1 atom stereocenters. The Bertz CT molecular complexity index is 1140. The lowest BCUT2D eigenvalue weighted by Crippen LogP contribution is -2.52. The van der Waals surface area contributed by atoms with Gasteiger partial charge in [-0.1, -0.05) is 31.2 Å². The maximum atomic E-state index is 13.6. The van der Waals surface area contributed by atoms with Gasteiger partial charge < -0.3 is 10.2 Å². The minimum Gasteiger partial charge on any atom is -0.354 e. The van der Waals surface area contributed by atoms with Crippen LogP contribution in [0.5, 0.6) is 0 Å². The Morgan fingerprint density at radius 2 is 1.69 bits per heavy atom. The maximum absolute atomic E-state index is 13.6. The van der Waals surface area contributed by atoms with Gasteiger partial charge in [-0.25, -0.2) is 8.70 Å². The van der Waals surface area contributed by atoms with Crippen LogP contribution in [0.4, 0.5) is 10.1 Å². The van der Waals surface area contributed by atoms with Gasteiger partial charge >= 0.3 is 10.2 Å². The SMILES string of the molecule is CCCNC(=O)[C@H](C)N(Cc1ccc(F)cc1)C(=O)CN(c1cc(C)ccc1C)S(=O)(=O)N(C)C. The van der Waals surface area contributed by atoms with Crippen molar-refractivity contribution in [3.05, 3.63) is 65.0 Å². The molecule has 10 heteroatoms. The molecule has 192 valence electrons. The second-order valence-corrected chi connectivity index (χ2v) is 10.8. The zero-order chi connectivity index (χ0) is 26.3. The molecule has 2 rings (SSSR count). The Morgan fingerprint density at radius 3 is 2.26 bits per heavy atom. The fourth-order valence-electron chi connectivity index (χ4n) is 3.45. The largest absolute Gasteiger partial charge is 0.354 e. The van der Waals surface area contributed by atoms with E-state index in [4.69, 9.17) is 0 Å². The highest BCUT2D eigenvalue weighted by atomic mass is 32.2. The minimum atomic E-state index is -4.03. The van der Waals surface area contributed by atoms with Crippen LogP contribution in [0.2, 0.25) is 0 Å². The molecule has 0 saturated heterocycles. The monoisotopic (exact) mass is 506 g/mol. The molecule has 8 nitrogen and oxygen atoms in total. The summed E-state index contributed by atoms with van der Waals surface area (Å²) >= 11 is 0. The van der Waals surface area contributed by atoms with Crippen LogP contribution in [-0.2, 0) is 26.3 Å². The van der Waals surface area contributed by atoms with Gasteiger partial charge in [0.05, 0.1) is 5.69 Å². The molecule has 0 aliphatic carbocycles. The fourth-order valence-corrected chi connectivity index (χ4v) is 4.57.